The van der Waals surface area contributed by atoms with Gasteiger partial charge in [-0.15, -0.1) is 0 Å². The van der Waals surface area contributed by atoms with E-state index >= 15 is 0 Å². The molecule has 0 bridgehead atoms. The number of nitrogens with zero attached hydrogens (tertiary/aromatic N) is 3. The van der Waals surface area contributed by atoms with Crippen molar-refractivity contribution >= 4 is 35.0 Å². The Morgan fingerprint density at radius 1 is 1.41 bits per heavy atom. The van der Waals surface area contributed by atoms with E-state index in [0.29, 0.717) is 22.6 Å². The number of amides is 1. The van der Waals surface area contributed by atoms with Gasteiger partial charge in [0.25, 0.3) is 5.91 Å². The first-order chi connectivity index (χ1) is 10.5. The minimum absolute atomic E-state index is 0.281. The Bertz CT molecular complexity index is 812. The topological polar surface area (TPSA) is 50.2 Å². The Kier molecular flexibility index (Phi) is 3.50. The maximum Gasteiger partial charge on any atom is 0.281 e. The molecule has 1 aliphatic rings. The van der Waals surface area contributed by atoms with Crippen molar-refractivity contribution in [1.82, 2.24) is 15.1 Å². The minimum atomic E-state index is -0.359. The second-order valence-corrected chi connectivity index (χ2v) is 5.34. The van der Waals surface area contributed by atoms with Crippen LogP contribution < -0.4 is 10.2 Å². The van der Waals surface area contributed by atoms with E-state index in [1.807, 2.05) is 0 Å². The molecule has 1 amide bonds. The molecule has 2 heterocycles. The van der Waals surface area contributed by atoms with E-state index in [-0.39, 0.29) is 16.8 Å². The normalized spacial score (nSPS) is 16.5. The molecule has 7 heteroatoms. The largest absolute Gasteiger partial charge is 0.327 e. The number of hydrogen-bond acceptors (Lipinski definition) is 3. The molecular formula is C15H13FN4OS. The standard InChI is InChI=1S/C15H13FN4OS/c1-9-13(8-19(2)18-9)20-14(21)12(17-15(20)22)7-10-4-3-5-11(16)6-10/h3-8H,1-2H3,(H,17,22)/b12-7+. The van der Waals surface area contributed by atoms with Crippen molar-refractivity contribution in [3.05, 3.63) is 53.2 Å². The zero-order chi connectivity index (χ0) is 15.9. The molecule has 1 saturated heterocycles. The number of aryl methyl sites for hydroxylation is 2. The first-order valence-electron chi connectivity index (χ1n) is 6.58. The highest BCUT2D eigenvalue weighted by Gasteiger charge is 2.33. The lowest BCUT2D eigenvalue weighted by atomic mass is 10.2. The van der Waals surface area contributed by atoms with Crippen molar-refractivity contribution in [2.75, 3.05) is 4.90 Å². The molecular weight excluding hydrogens is 303 g/mol. The van der Waals surface area contributed by atoms with Crippen molar-refractivity contribution < 1.29 is 9.18 Å². The van der Waals surface area contributed by atoms with Crippen molar-refractivity contribution in [1.29, 1.82) is 0 Å². The summed E-state index contributed by atoms with van der Waals surface area (Å²) in [5, 5.41) is 7.36. The third kappa shape index (κ3) is 2.50. The van der Waals surface area contributed by atoms with Crippen molar-refractivity contribution in [3.63, 3.8) is 0 Å². The van der Waals surface area contributed by atoms with Crippen LogP contribution in [0.4, 0.5) is 10.1 Å². The number of anilines is 1. The molecule has 1 aliphatic heterocycles. The molecule has 1 aromatic carbocycles. The van der Waals surface area contributed by atoms with Crippen LogP contribution in [-0.4, -0.2) is 20.8 Å². The number of hydrogen-bond donors (Lipinski definition) is 1. The van der Waals surface area contributed by atoms with E-state index in [1.54, 1.807) is 43.1 Å². The third-order valence-corrected chi connectivity index (χ3v) is 3.55. The Hall–Kier alpha value is -2.54. The van der Waals surface area contributed by atoms with Gasteiger partial charge in [-0.3, -0.25) is 9.48 Å². The highest BCUT2D eigenvalue weighted by molar-refractivity contribution is 7.80. The summed E-state index contributed by atoms with van der Waals surface area (Å²) < 4.78 is 14.9. The molecule has 1 aromatic heterocycles. The molecule has 1 fully saturated rings. The highest BCUT2D eigenvalue weighted by atomic mass is 32.1. The molecule has 2 aromatic rings. The van der Waals surface area contributed by atoms with Crippen LogP contribution in [0.3, 0.4) is 0 Å². The predicted molar refractivity (Wildman–Crippen MR) is 85.5 cm³/mol. The fourth-order valence-electron chi connectivity index (χ4n) is 2.32. The summed E-state index contributed by atoms with van der Waals surface area (Å²) in [6, 6.07) is 6.00. The van der Waals surface area contributed by atoms with Crippen molar-refractivity contribution in [3.8, 4) is 0 Å². The second kappa shape index (κ2) is 5.34. The van der Waals surface area contributed by atoms with Gasteiger partial charge in [-0.05, 0) is 42.9 Å². The Labute approximate surface area is 132 Å². The first kappa shape index (κ1) is 14.4. The molecule has 22 heavy (non-hydrogen) atoms. The van der Waals surface area contributed by atoms with Crippen LogP contribution in [0.15, 0.2) is 36.2 Å². The number of halogens is 1. The summed E-state index contributed by atoms with van der Waals surface area (Å²) in [6.07, 6.45) is 3.30. The molecule has 1 N–H and O–H groups in total. The SMILES string of the molecule is Cc1nn(C)cc1N1C(=O)/C(=C\c2cccc(F)c2)NC1=S. The van der Waals surface area contributed by atoms with E-state index in [4.69, 9.17) is 12.2 Å². The lowest BCUT2D eigenvalue weighted by Gasteiger charge is -2.11. The lowest BCUT2D eigenvalue weighted by molar-refractivity contribution is -0.113. The molecule has 0 aliphatic carbocycles. The summed E-state index contributed by atoms with van der Waals surface area (Å²) in [5.74, 6) is -0.646. The van der Waals surface area contributed by atoms with Crippen LogP contribution in [0, 0.1) is 12.7 Å². The molecule has 0 spiro atoms. The molecule has 5 nitrogen and oxygen atoms in total. The summed E-state index contributed by atoms with van der Waals surface area (Å²) in [5.41, 5.74) is 2.22. The van der Waals surface area contributed by atoms with Crippen molar-refractivity contribution in [2.45, 2.75) is 6.92 Å². The number of thiocarbonyl (C=S) groups is 1. The highest BCUT2D eigenvalue weighted by Crippen LogP contribution is 2.24. The van der Waals surface area contributed by atoms with Gasteiger partial charge in [0, 0.05) is 13.2 Å². The fourth-order valence-corrected chi connectivity index (χ4v) is 2.61. The van der Waals surface area contributed by atoms with E-state index in [9.17, 15) is 9.18 Å². The summed E-state index contributed by atoms with van der Waals surface area (Å²) in [6.45, 7) is 1.81. The molecule has 112 valence electrons. The smallest absolute Gasteiger partial charge is 0.281 e. The zero-order valence-corrected chi connectivity index (χ0v) is 12.8. The van der Waals surface area contributed by atoms with E-state index in [2.05, 4.69) is 10.4 Å². The van der Waals surface area contributed by atoms with E-state index in [0.717, 1.165) is 0 Å². The molecule has 0 unspecified atom stereocenters. The van der Waals surface area contributed by atoms with Gasteiger partial charge < -0.3 is 5.32 Å². The van der Waals surface area contributed by atoms with Gasteiger partial charge in [0.2, 0.25) is 0 Å². The van der Waals surface area contributed by atoms with Crippen LogP contribution in [0.25, 0.3) is 6.08 Å². The Morgan fingerprint density at radius 2 is 2.18 bits per heavy atom. The average Bonchev–Trinajstić information content (AvgIpc) is 2.89. The maximum absolute atomic E-state index is 13.2. The number of carbonyl (C=O) groups is 1. The average molecular weight is 316 g/mol. The lowest BCUT2D eigenvalue weighted by Crippen LogP contribution is -2.30. The minimum Gasteiger partial charge on any atom is -0.327 e. The van der Waals surface area contributed by atoms with Crippen LogP contribution in [0.5, 0.6) is 0 Å². The van der Waals surface area contributed by atoms with Gasteiger partial charge in [-0.1, -0.05) is 12.1 Å². The van der Waals surface area contributed by atoms with Gasteiger partial charge in [0.15, 0.2) is 5.11 Å². The molecule has 3 rings (SSSR count). The van der Waals surface area contributed by atoms with Crippen molar-refractivity contribution in [2.24, 2.45) is 7.05 Å². The van der Waals surface area contributed by atoms with Crippen LogP contribution >= 0.6 is 12.2 Å². The Morgan fingerprint density at radius 3 is 2.82 bits per heavy atom. The number of benzene rings is 1. The van der Waals surface area contributed by atoms with Gasteiger partial charge in [-0.2, -0.15) is 5.10 Å². The number of carbonyl (C=O) groups excluding carboxylic acids is 1. The van der Waals surface area contributed by atoms with Gasteiger partial charge in [-0.25, -0.2) is 9.29 Å². The second-order valence-electron chi connectivity index (χ2n) is 4.96. The number of aromatic nitrogens is 2. The Balaban J connectivity index is 1.96. The van der Waals surface area contributed by atoms with E-state index in [1.165, 1.54) is 17.0 Å². The predicted octanol–water partition coefficient (Wildman–Crippen LogP) is 2.13. The zero-order valence-electron chi connectivity index (χ0n) is 12.0. The fraction of sp³-hybridized carbons (Fsp3) is 0.133. The van der Waals surface area contributed by atoms with E-state index < -0.39 is 0 Å². The van der Waals surface area contributed by atoms with Crippen LogP contribution in [0.1, 0.15) is 11.3 Å². The quantitative estimate of drug-likeness (QED) is 0.681. The third-order valence-electron chi connectivity index (χ3n) is 3.27. The molecule has 0 radical (unpaired) electrons. The molecule has 0 atom stereocenters. The maximum atomic E-state index is 13.2. The van der Waals surface area contributed by atoms with Gasteiger partial charge in [0.1, 0.15) is 11.5 Å². The van der Waals surface area contributed by atoms with Gasteiger partial charge >= 0.3 is 0 Å². The van der Waals surface area contributed by atoms with Crippen LogP contribution in [0.2, 0.25) is 0 Å². The van der Waals surface area contributed by atoms with Crippen LogP contribution in [-0.2, 0) is 11.8 Å². The summed E-state index contributed by atoms with van der Waals surface area (Å²) in [4.78, 5) is 13.9. The monoisotopic (exact) mass is 316 g/mol. The van der Waals surface area contributed by atoms with Gasteiger partial charge in [0.05, 0.1) is 11.4 Å². The first-order valence-corrected chi connectivity index (χ1v) is 6.99. The summed E-state index contributed by atoms with van der Waals surface area (Å²) in [7, 11) is 1.77. The summed E-state index contributed by atoms with van der Waals surface area (Å²) >= 11 is 5.23. The number of rotatable bonds is 2. The molecule has 0 saturated carbocycles. The number of nitrogens with one attached hydrogen (secondary N) is 1.